The van der Waals surface area contributed by atoms with Crippen LogP contribution in [0.2, 0.25) is 0 Å². The number of nitrogen functional groups attached to an aromatic ring is 1. The van der Waals surface area contributed by atoms with Crippen LogP contribution < -0.4 is 11.1 Å². The van der Waals surface area contributed by atoms with Crippen molar-refractivity contribution < 1.29 is 4.79 Å². The van der Waals surface area contributed by atoms with E-state index < -0.39 is 0 Å². The van der Waals surface area contributed by atoms with Crippen LogP contribution in [-0.4, -0.2) is 10.9 Å². The van der Waals surface area contributed by atoms with Gasteiger partial charge in [-0.15, -0.1) is 0 Å². The number of nitrogens with two attached hydrogens (primary N) is 1. The Morgan fingerprint density at radius 3 is 2.71 bits per heavy atom. The molecule has 0 unspecified atom stereocenters. The summed E-state index contributed by atoms with van der Waals surface area (Å²) in [5.41, 5.74) is 6.60. The van der Waals surface area contributed by atoms with Gasteiger partial charge in [0.1, 0.15) is 5.82 Å². The monoisotopic (exact) mass is 291 g/mol. The van der Waals surface area contributed by atoms with Crippen LogP contribution in [0.1, 0.15) is 10.4 Å². The fraction of sp³-hybridized carbons (Fsp3) is 0. The number of anilines is 2. The van der Waals surface area contributed by atoms with Crippen molar-refractivity contribution in [1.29, 1.82) is 0 Å². The van der Waals surface area contributed by atoms with E-state index in [1.807, 2.05) is 0 Å². The first kappa shape index (κ1) is 11.6. The molecule has 0 aliphatic rings. The van der Waals surface area contributed by atoms with E-state index in [4.69, 9.17) is 5.73 Å². The molecule has 1 aromatic heterocycles. The number of nitrogens with one attached hydrogen (secondary N) is 1. The Labute approximate surface area is 107 Å². The van der Waals surface area contributed by atoms with Gasteiger partial charge >= 0.3 is 0 Å². The summed E-state index contributed by atoms with van der Waals surface area (Å²) in [5, 5.41) is 2.69. The number of aromatic nitrogens is 1. The van der Waals surface area contributed by atoms with Gasteiger partial charge in [0, 0.05) is 11.9 Å². The molecule has 0 aliphatic carbocycles. The van der Waals surface area contributed by atoms with Gasteiger partial charge in [0.15, 0.2) is 0 Å². The molecule has 0 saturated heterocycles. The summed E-state index contributed by atoms with van der Waals surface area (Å²) in [5.74, 6) is 0.197. The Balaban J connectivity index is 2.24. The van der Waals surface area contributed by atoms with E-state index in [9.17, 15) is 4.79 Å². The SMILES string of the molecule is Nc1ccccc1C(=O)Nc1ncccc1Br. The predicted octanol–water partition coefficient (Wildman–Crippen LogP) is 2.68. The number of carbonyl (C=O) groups is 1. The van der Waals surface area contributed by atoms with Crippen LogP contribution in [0.4, 0.5) is 11.5 Å². The summed E-state index contributed by atoms with van der Waals surface area (Å²) in [6, 6.07) is 10.5. The van der Waals surface area contributed by atoms with E-state index in [-0.39, 0.29) is 5.91 Å². The second-order valence-corrected chi connectivity index (χ2v) is 4.23. The molecular weight excluding hydrogens is 282 g/mol. The lowest BCUT2D eigenvalue weighted by Crippen LogP contribution is -2.15. The Morgan fingerprint density at radius 1 is 1.24 bits per heavy atom. The van der Waals surface area contributed by atoms with Crippen LogP contribution in [-0.2, 0) is 0 Å². The van der Waals surface area contributed by atoms with E-state index >= 15 is 0 Å². The quantitative estimate of drug-likeness (QED) is 0.836. The third kappa shape index (κ3) is 2.62. The number of pyridine rings is 1. The van der Waals surface area contributed by atoms with Crippen molar-refractivity contribution in [1.82, 2.24) is 4.98 Å². The largest absolute Gasteiger partial charge is 0.398 e. The molecule has 86 valence electrons. The number of benzene rings is 1. The van der Waals surface area contributed by atoms with Gasteiger partial charge in [0.2, 0.25) is 0 Å². The smallest absolute Gasteiger partial charge is 0.258 e. The third-order valence-electron chi connectivity index (χ3n) is 2.20. The summed E-state index contributed by atoms with van der Waals surface area (Å²) in [7, 11) is 0. The van der Waals surface area contributed by atoms with Crippen LogP contribution in [0.15, 0.2) is 47.1 Å². The molecule has 1 amide bonds. The number of amides is 1. The topological polar surface area (TPSA) is 68.0 Å². The molecule has 0 atom stereocenters. The van der Waals surface area contributed by atoms with E-state index in [2.05, 4.69) is 26.2 Å². The van der Waals surface area contributed by atoms with Crippen molar-refractivity contribution in [2.75, 3.05) is 11.1 Å². The first-order valence-corrected chi connectivity index (χ1v) is 5.74. The lowest BCUT2D eigenvalue weighted by molar-refractivity contribution is 0.102. The number of rotatable bonds is 2. The maximum Gasteiger partial charge on any atom is 0.258 e. The Bertz CT molecular complexity index is 557. The van der Waals surface area contributed by atoms with Crippen LogP contribution in [0.25, 0.3) is 0 Å². The van der Waals surface area contributed by atoms with Crippen LogP contribution in [0.5, 0.6) is 0 Å². The van der Waals surface area contributed by atoms with E-state index in [1.165, 1.54) is 0 Å². The fourth-order valence-electron chi connectivity index (χ4n) is 1.36. The minimum absolute atomic E-state index is 0.275. The van der Waals surface area contributed by atoms with Gasteiger partial charge in [0.25, 0.3) is 5.91 Å². The average Bonchev–Trinajstić information content (AvgIpc) is 2.32. The minimum atomic E-state index is -0.275. The van der Waals surface area contributed by atoms with Gasteiger partial charge in [-0.1, -0.05) is 12.1 Å². The zero-order valence-electron chi connectivity index (χ0n) is 8.85. The van der Waals surface area contributed by atoms with Gasteiger partial charge in [-0.05, 0) is 40.2 Å². The maximum absolute atomic E-state index is 11.9. The molecular formula is C12H10BrN3O. The van der Waals surface area contributed by atoms with Crippen molar-refractivity contribution in [3.8, 4) is 0 Å². The standard InChI is InChI=1S/C12H10BrN3O/c13-9-5-3-7-15-11(9)16-12(17)8-4-1-2-6-10(8)14/h1-7H,14H2,(H,15,16,17). The summed E-state index contributed by atoms with van der Waals surface area (Å²) in [4.78, 5) is 16.0. The van der Waals surface area contributed by atoms with E-state index in [0.717, 1.165) is 4.47 Å². The van der Waals surface area contributed by atoms with Gasteiger partial charge in [-0.25, -0.2) is 4.98 Å². The summed E-state index contributed by atoms with van der Waals surface area (Å²) >= 11 is 3.31. The Kier molecular flexibility index (Phi) is 3.39. The summed E-state index contributed by atoms with van der Waals surface area (Å²) in [6.07, 6.45) is 1.61. The third-order valence-corrected chi connectivity index (χ3v) is 2.84. The first-order valence-electron chi connectivity index (χ1n) is 4.95. The highest BCUT2D eigenvalue weighted by molar-refractivity contribution is 9.10. The molecule has 0 radical (unpaired) electrons. The normalized spacial score (nSPS) is 9.94. The van der Waals surface area contributed by atoms with Gasteiger partial charge < -0.3 is 11.1 Å². The van der Waals surface area contributed by atoms with Gasteiger partial charge in [-0.3, -0.25) is 4.79 Å². The van der Waals surface area contributed by atoms with Gasteiger partial charge in [-0.2, -0.15) is 0 Å². The second-order valence-electron chi connectivity index (χ2n) is 3.38. The molecule has 1 heterocycles. The van der Waals surface area contributed by atoms with Crippen molar-refractivity contribution in [2.45, 2.75) is 0 Å². The molecule has 0 bridgehead atoms. The number of hydrogen-bond donors (Lipinski definition) is 2. The number of halogens is 1. The molecule has 2 rings (SSSR count). The van der Waals surface area contributed by atoms with Crippen molar-refractivity contribution in [3.63, 3.8) is 0 Å². The number of para-hydroxylation sites is 1. The molecule has 0 spiro atoms. The highest BCUT2D eigenvalue weighted by Gasteiger charge is 2.10. The second kappa shape index (κ2) is 4.97. The van der Waals surface area contributed by atoms with Crippen LogP contribution >= 0.6 is 15.9 Å². The molecule has 0 saturated carbocycles. The van der Waals surface area contributed by atoms with Gasteiger partial charge in [0.05, 0.1) is 10.0 Å². The summed E-state index contributed by atoms with van der Waals surface area (Å²) < 4.78 is 0.725. The lowest BCUT2D eigenvalue weighted by Gasteiger charge is -2.07. The first-order chi connectivity index (χ1) is 8.18. The Hall–Kier alpha value is -1.88. The zero-order chi connectivity index (χ0) is 12.3. The average molecular weight is 292 g/mol. The molecule has 0 aliphatic heterocycles. The van der Waals surface area contributed by atoms with Crippen LogP contribution in [0.3, 0.4) is 0 Å². The van der Waals surface area contributed by atoms with E-state index in [0.29, 0.717) is 17.1 Å². The highest BCUT2D eigenvalue weighted by atomic mass is 79.9. The maximum atomic E-state index is 11.9. The van der Waals surface area contributed by atoms with Crippen molar-refractivity contribution in [2.24, 2.45) is 0 Å². The number of hydrogen-bond acceptors (Lipinski definition) is 3. The number of carbonyl (C=O) groups excluding carboxylic acids is 1. The Morgan fingerprint density at radius 2 is 2.00 bits per heavy atom. The highest BCUT2D eigenvalue weighted by Crippen LogP contribution is 2.20. The van der Waals surface area contributed by atoms with Crippen molar-refractivity contribution >= 4 is 33.3 Å². The molecule has 2 aromatic rings. The van der Waals surface area contributed by atoms with Crippen LogP contribution in [0, 0.1) is 0 Å². The molecule has 1 aromatic carbocycles. The summed E-state index contributed by atoms with van der Waals surface area (Å²) in [6.45, 7) is 0. The minimum Gasteiger partial charge on any atom is -0.398 e. The van der Waals surface area contributed by atoms with E-state index in [1.54, 1.807) is 42.6 Å². The molecule has 3 N–H and O–H groups in total. The molecule has 0 fully saturated rings. The predicted molar refractivity (Wildman–Crippen MR) is 70.7 cm³/mol. The fourth-order valence-corrected chi connectivity index (χ4v) is 1.71. The number of nitrogens with zero attached hydrogens (tertiary/aromatic N) is 1. The molecule has 4 nitrogen and oxygen atoms in total. The van der Waals surface area contributed by atoms with Crippen molar-refractivity contribution in [3.05, 3.63) is 52.6 Å². The molecule has 17 heavy (non-hydrogen) atoms. The lowest BCUT2D eigenvalue weighted by atomic mass is 10.1. The molecule has 5 heteroatoms. The zero-order valence-corrected chi connectivity index (χ0v) is 10.4.